The van der Waals surface area contributed by atoms with Gasteiger partial charge in [-0.15, -0.1) is 0 Å². The molecular weight excluding hydrogens is 304 g/mol. The molecule has 1 aromatic carbocycles. The Labute approximate surface area is 124 Å². The van der Waals surface area contributed by atoms with E-state index in [9.17, 15) is 5.11 Å². The molecule has 1 aromatic rings. The summed E-state index contributed by atoms with van der Waals surface area (Å²) in [4.78, 5) is 2.43. The maximum atomic E-state index is 9.28. The van der Waals surface area contributed by atoms with E-state index in [2.05, 4.69) is 58.2 Å². The van der Waals surface area contributed by atoms with Crippen LogP contribution in [0.4, 0.5) is 5.69 Å². The lowest BCUT2D eigenvalue weighted by Gasteiger charge is -2.32. The Morgan fingerprint density at radius 3 is 2.95 bits per heavy atom. The molecule has 2 N–H and O–H groups in total. The van der Waals surface area contributed by atoms with Gasteiger partial charge in [0.2, 0.25) is 0 Å². The zero-order chi connectivity index (χ0) is 13.8. The van der Waals surface area contributed by atoms with E-state index in [1.54, 1.807) is 0 Å². The molecule has 0 spiro atoms. The molecule has 0 aromatic heterocycles. The number of aliphatic hydroxyl groups is 1. The van der Waals surface area contributed by atoms with Gasteiger partial charge in [-0.3, -0.25) is 0 Å². The maximum absolute atomic E-state index is 9.28. The molecule has 19 heavy (non-hydrogen) atoms. The Kier molecular flexibility index (Phi) is 5.25. The van der Waals surface area contributed by atoms with E-state index in [1.165, 1.54) is 11.3 Å². The lowest BCUT2D eigenvalue weighted by molar-refractivity contribution is 0.272. The highest BCUT2D eigenvalue weighted by atomic mass is 79.9. The summed E-state index contributed by atoms with van der Waals surface area (Å²) in [5.74, 6) is 0. The zero-order valence-corrected chi connectivity index (χ0v) is 13.3. The molecule has 4 heteroatoms. The predicted molar refractivity (Wildman–Crippen MR) is 83.8 cm³/mol. The smallest absolute Gasteiger partial charge is 0.0451 e. The van der Waals surface area contributed by atoms with Crippen molar-refractivity contribution >= 4 is 21.6 Å². The van der Waals surface area contributed by atoms with Crippen molar-refractivity contribution in [2.45, 2.75) is 38.8 Å². The number of anilines is 1. The van der Waals surface area contributed by atoms with Gasteiger partial charge in [0.1, 0.15) is 0 Å². The fourth-order valence-electron chi connectivity index (χ4n) is 2.57. The SMILES string of the molecule is Cc1ccc(N2CCC(C)NCC2CCO)cc1Br. The molecule has 0 radical (unpaired) electrons. The molecule has 0 aliphatic carbocycles. The third-order valence-electron chi connectivity index (χ3n) is 3.90. The number of hydrogen-bond acceptors (Lipinski definition) is 3. The average molecular weight is 327 g/mol. The normalized spacial score (nSPS) is 24.3. The first-order valence-corrected chi connectivity index (χ1v) is 7.78. The first-order chi connectivity index (χ1) is 9.11. The van der Waals surface area contributed by atoms with Gasteiger partial charge in [-0.25, -0.2) is 0 Å². The van der Waals surface area contributed by atoms with Gasteiger partial charge in [0.15, 0.2) is 0 Å². The summed E-state index contributed by atoms with van der Waals surface area (Å²) in [5, 5.41) is 12.8. The summed E-state index contributed by atoms with van der Waals surface area (Å²) >= 11 is 3.61. The molecule has 1 fully saturated rings. The van der Waals surface area contributed by atoms with Crippen LogP contribution < -0.4 is 10.2 Å². The summed E-state index contributed by atoms with van der Waals surface area (Å²) in [6.07, 6.45) is 1.94. The molecule has 2 unspecified atom stereocenters. The van der Waals surface area contributed by atoms with E-state index in [0.29, 0.717) is 12.1 Å². The van der Waals surface area contributed by atoms with Gasteiger partial charge in [-0.2, -0.15) is 0 Å². The first-order valence-electron chi connectivity index (χ1n) is 6.99. The van der Waals surface area contributed by atoms with E-state index in [1.807, 2.05) is 0 Å². The summed E-state index contributed by atoms with van der Waals surface area (Å²) in [6, 6.07) is 7.43. The van der Waals surface area contributed by atoms with E-state index in [4.69, 9.17) is 0 Å². The number of rotatable bonds is 3. The van der Waals surface area contributed by atoms with Crippen LogP contribution in [0.15, 0.2) is 22.7 Å². The Balaban J connectivity index is 2.23. The Morgan fingerprint density at radius 2 is 2.26 bits per heavy atom. The average Bonchev–Trinajstić information content (AvgIpc) is 2.56. The topological polar surface area (TPSA) is 35.5 Å². The fourth-order valence-corrected chi connectivity index (χ4v) is 2.94. The third-order valence-corrected chi connectivity index (χ3v) is 4.75. The summed E-state index contributed by atoms with van der Waals surface area (Å²) < 4.78 is 1.15. The van der Waals surface area contributed by atoms with Crippen LogP contribution >= 0.6 is 15.9 Å². The van der Waals surface area contributed by atoms with Crippen molar-refractivity contribution in [1.82, 2.24) is 5.32 Å². The number of hydrogen-bond donors (Lipinski definition) is 2. The molecule has 0 bridgehead atoms. The van der Waals surface area contributed by atoms with Crippen LogP contribution in [0, 0.1) is 6.92 Å². The van der Waals surface area contributed by atoms with Crippen LogP contribution in [-0.2, 0) is 0 Å². The quantitative estimate of drug-likeness (QED) is 0.896. The lowest BCUT2D eigenvalue weighted by Crippen LogP contribution is -2.41. The second-order valence-electron chi connectivity index (χ2n) is 5.39. The molecule has 1 saturated heterocycles. The molecule has 1 aliphatic heterocycles. The maximum Gasteiger partial charge on any atom is 0.0451 e. The van der Waals surface area contributed by atoms with Gasteiger partial charge in [-0.05, 0) is 44.4 Å². The van der Waals surface area contributed by atoms with E-state index in [0.717, 1.165) is 30.4 Å². The molecular formula is C15H23BrN2O. The van der Waals surface area contributed by atoms with E-state index < -0.39 is 0 Å². The summed E-state index contributed by atoms with van der Waals surface area (Å²) in [5.41, 5.74) is 2.50. The minimum atomic E-state index is 0.240. The highest BCUT2D eigenvalue weighted by molar-refractivity contribution is 9.10. The molecule has 3 nitrogen and oxygen atoms in total. The van der Waals surface area contributed by atoms with E-state index in [-0.39, 0.29) is 6.61 Å². The van der Waals surface area contributed by atoms with Crippen LogP contribution in [0.1, 0.15) is 25.3 Å². The van der Waals surface area contributed by atoms with Crippen LogP contribution in [0.5, 0.6) is 0 Å². The van der Waals surface area contributed by atoms with Gasteiger partial charge in [0, 0.05) is 41.9 Å². The number of nitrogens with zero attached hydrogens (tertiary/aromatic N) is 1. The Bertz CT molecular complexity index is 425. The second-order valence-corrected chi connectivity index (χ2v) is 6.25. The van der Waals surface area contributed by atoms with Crippen LogP contribution in [-0.4, -0.2) is 36.9 Å². The third kappa shape index (κ3) is 3.71. The van der Waals surface area contributed by atoms with Crippen LogP contribution in [0.3, 0.4) is 0 Å². The summed E-state index contributed by atoms with van der Waals surface area (Å²) in [6.45, 7) is 6.54. The summed E-state index contributed by atoms with van der Waals surface area (Å²) in [7, 11) is 0. The van der Waals surface area contributed by atoms with Crippen molar-refractivity contribution in [2.24, 2.45) is 0 Å². The van der Waals surface area contributed by atoms with Gasteiger partial charge >= 0.3 is 0 Å². The van der Waals surface area contributed by atoms with Crippen molar-refractivity contribution in [3.05, 3.63) is 28.2 Å². The largest absolute Gasteiger partial charge is 0.396 e. The standard InChI is InChI=1S/C15H23BrN2O/c1-11-3-4-13(9-15(11)16)18-7-5-12(2)17-10-14(18)6-8-19/h3-4,9,12,14,17,19H,5-8,10H2,1-2H3. The Hall–Kier alpha value is -0.580. The molecule has 106 valence electrons. The second kappa shape index (κ2) is 6.73. The molecule has 2 atom stereocenters. The van der Waals surface area contributed by atoms with Gasteiger partial charge < -0.3 is 15.3 Å². The molecule has 0 saturated carbocycles. The van der Waals surface area contributed by atoms with Crippen molar-refractivity contribution in [3.8, 4) is 0 Å². The van der Waals surface area contributed by atoms with Crippen LogP contribution in [0.2, 0.25) is 0 Å². The van der Waals surface area contributed by atoms with Crippen molar-refractivity contribution in [1.29, 1.82) is 0 Å². The fraction of sp³-hybridized carbons (Fsp3) is 0.600. The Morgan fingerprint density at radius 1 is 1.47 bits per heavy atom. The minimum absolute atomic E-state index is 0.240. The molecule has 2 rings (SSSR count). The molecule has 1 aliphatic rings. The number of benzene rings is 1. The van der Waals surface area contributed by atoms with Gasteiger partial charge in [0.05, 0.1) is 0 Å². The monoisotopic (exact) mass is 326 g/mol. The van der Waals surface area contributed by atoms with Crippen molar-refractivity contribution in [3.63, 3.8) is 0 Å². The minimum Gasteiger partial charge on any atom is -0.396 e. The van der Waals surface area contributed by atoms with Gasteiger partial charge in [-0.1, -0.05) is 22.0 Å². The molecule has 0 amide bonds. The van der Waals surface area contributed by atoms with Crippen LogP contribution in [0.25, 0.3) is 0 Å². The number of halogens is 1. The first kappa shape index (κ1) is 14.8. The van der Waals surface area contributed by atoms with Crippen molar-refractivity contribution < 1.29 is 5.11 Å². The van der Waals surface area contributed by atoms with Crippen molar-refractivity contribution in [2.75, 3.05) is 24.6 Å². The lowest BCUT2D eigenvalue weighted by atomic mass is 10.1. The number of nitrogens with one attached hydrogen (secondary N) is 1. The van der Waals surface area contributed by atoms with E-state index >= 15 is 0 Å². The highest BCUT2D eigenvalue weighted by Crippen LogP contribution is 2.26. The number of aryl methyl sites for hydroxylation is 1. The van der Waals surface area contributed by atoms with Gasteiger partial charge in [0.25, 0.3) is 0 Å². The molecule has 1 heterocycles. The zero-order valence-electron chi connectivity index (χ0n) is 11.7. The predicted octanol–water partition coefficient (Wildman–Crippen LogP) is 2.70. The number of aliphatic hydroxyl groups excluding tert-OH is 1. The highest BCUT2D eigenvalue weighted by Gasteiger charge is 2.23.